The first kappa shape index (κ1) is 25.9. The summed E-state index contributed by atoms with van der Waals surface area (Å²) >= 11 is 0. The molecule has 0 fully saturated rings. The molecule has 0 radical (unpaired) electrons. The molecular formula is C32H42O2. The lowest BCUT2D eigenvalue weighted by atomic mass is 9.82. The van der Waals surface area contributed by atoms with Crippen LogP contribution in [-0.4, -0.2) is 14.2 Å². The van der Waals surface area contributed by atoms with Gasteiger partial charge in [-0.1, -0.05) is 101 Å². The summed E-state index contributed by atoms with van der Waals surface area (Å²) in [5.74, 6) is 2.65. The highest BCUT2D eigenvalue weighted by Gasteiger charge is 2.19. The van der Waals surface area contributed by atoms with Crippen LogP contribution in [0, 0.1) is 0 Å². The van der Waals surface area contributed by atoms with Crippen molar-refractivity contribution in [1.82, 2.24) is 0 Å². The van der Waals surface area contributed by atoms with E-state index in [4.69, 9.17) is 9.47 Å². The second-order valence-electron chi connectivity index (χ2n) is 9.31. The van der Waals surface area contributed by atoms with Gasteiger partial charge in [0.1, 0.15) is 11.5 Å². The molecule has 0 spiro atoms. The zero-order valence-corrected chi connectivity index (χ0v) is 21.6. The highest BCUT2D eigenvalue weighted by molar-refractivity contribution is 5.41. The molecule has 0 amide bonds. The molecule has 0 aromatic heterocycles. The van der Waals surface area contributed by atoms with Crippen molar-refractivity contribution < 1.29 is 9.47 Å². The fourth-order valence-electron chi connectivity index (χ4n) is 4.91. The van der Waals surface area contributed by atoms with Crippen LogP contribution in [0.4, 0.5) is 0 Å². The van der Waals surface area contributed by atoms with Crippen LogP contribution in [0.25, 0.3) is 0 Å². The lowest BCUT2D eigenvalue weighted by Crippen LogP contribution is -2.06. The van der Waals surface area contributed by atoms with Crippen molar-refractivity contribution in [3.63, 3.8) is 0 Å². The van der Waals surface area contributed by atoms with Crippen molar-refractivity contribution in [3.8, 4) is 11.5 Å². The molecule has 2 atom stereocenters. The molecule has 2 heteroatoms. The van der Waals surface area contributed by atoms with E-state index in [0.29, 0.717) is 11.8 Å². The third-order valence-corrected chi connectivity index (χ3v) is 6.94. The average Bonchev–Trinajstić information content (AvgIpc) is 2.89. The summed E-state index contributed by atoms with van der Waals surface area (Å²) in [4.78, 5) is 0. The summed E-state index contributed by atoms with van der Waals surface area (Å²) in [5, 5.41) is 0. The molecule has 0 bridgehead atoms. The number of methoxy groups -OCH3 is 2. The molecule has 2 unspecified atom stereocenters. The number of ether oxygens (including phenoxy) is 2. The van der Waals surface area contributed by atoms with Gasteiger partial charge < -0.3 is 9.47 Å². The predicted molar refractivity (Wildman–Crippen MR) is 144 cm³/mol. The highest BCUT2D eigenvalue weighted by Crippen LogP contribution is 2.36. The minimum atomic E-state index is 0.407. The molecule has 0 saturated carbocycles. The fraction of sp³-hybridized carbons (Fsp3) is 0.438. The smallest absolute Gasteiger partial charge is 0.118 e. The lowest BCUT2D eigenvalue weighted by molar-refractivity contribution is 0.414. The van der Waals surface area contributed by atoms with Crippen LogP contribution in [0.3, 0.4) is 0 Å². The summed E-state index contributed by atoms with van der Waals surface area (Å²) in [6.07, 6.45) is 9.87. The van der Waals surface area contributed by atoms with Gasteiger partial charge >= 0.3 is 0 Å². The number of hydrogen-bond acceptors (Lipinski definition) is 2. The van der Waals surface area contributed by atoms with Gasteiger partial charge in [0.15, 0.2) is 0 Å². The fourth-order valence-corrected chi connectivity index (χ4v) is 4.91. The first-order chi connectivity index (χ1) is 16.7. The first-order valence-corrected chi connectivity index (χ1v) is 13.1. The van der Waals surface area contributed by atoms with Crippen LogP contribution in [-0.2, 0) is 0 Å². The van der Waals surface area contributed by atoms with Crippen molar-refractivity contribution in [2.45, 2.75) is 77.0 Å². The predicted octanol–water partition coefficient (Wildman–Crippen LogP) is 9.13. The van der Waals surface area contributed by atoms with Crippen LogP contribution >= 0.6 is 0 Å². The molecule has 34 heavy (non-hydrogen) atoms. The Morgan fingerprint density at radius 2 is 0.941 bits per heavy atom. The van der Waals surface area contributed by atoms with Gasteiger partial charge in [-0.15, -0.1) is 0 Å². The van der Waals surface area contributed by atoms with E-state index in [1.807, 2.05) is 0 Å². The van der Waals surface area contributed by atoms with E-state index in [2.05, 4.69) is 86.6 Å². The zero-order chi connectivity index (χ0) is 24.2. The van der Waals surface area contributed by atoms with Crippen molar-refractivity contribution >= 4 is 0 Å². The van der Waals surface area contributed by atoms with Crippen molar-refractivity contribution in [3.05, 3.63) is 95.1 Å². The molecule has 0 saturated heterocycles. The number of hydrogen-bond donors (Lipinski definition) is 0. The number of unbranched alkanes of at least 4 members (excludes halogenated alkanes) is 4. The molecule has 0 aliphatic rings. The van der Waals surface area contributed by atoms with E-state index in [1.54, 1.807) is 14.2 Å². The molecule has 0 aliphatic heterocycles. The van der Waals surface area contributed by atoms with Gasteiger partial charge in [-0.05, 0) is 59.4 Å². The highest BCUT2D eigenvalue weighted by atomic mass is 16.5. The molecule has 3 aromatic rings. The lowest BCUT2D eigenvalue weighted by Gasteiger charge is -2.23. The van der Waals surface area contributed by atoms with Crippen LogP contribution in [0.1, 0.15) is 99.3 Å². The van der Waals surface area contributed by atoms with Crippen molar-refractivity contribution in [2.24, 2.45) is 0 Å². The van der Waals surface area contributed by atoms with Gasteiger partial charge in [0.25, 0.3) is 0 Å². The third kappa shape index (κ3) is 7.13. The Kier molecular flexibility index (Phi) is 10.5. The van der Waals surface area contributed by atoms with Crippen LogP contribution in [0.5, 0.6) is 11.5 Å². The quantitative estimate of drug-likeness (QED) is 0.224. The number of benzene rings is 3. The molecule has 182 valence electrons. The maximum absolute atomic E-state index is 5.41. The summed E-state index contributed by atoms with van der Waals surface area (Å²) < 4.78 is 10.8. The van der Waals surface area contributed by atoms with E-state index in [9.17, 15) is 0 Å². The standard InChI is InChI=1S/C32H42O2/c1-5-7-9-14-31(25-16-20-29(33-3)21-17-25)27-12-11-13-28(24-27)32(15-10-8-6-2)26-18-22-30(34-4)23-19-26/h11-13,16-24,31-32H,5-10,14-15H2,1-4H3. The molecule has 2 nitrogen and oxygen atoms in total. The van der Waals surface area contributed by atoms with Crippen molar-refractivity contribution in [2.75, 3.05) is 14.2 Å². The average molecular weight is 459 g/mol. The summed E-state index contributed by atoms with van der Waals surface area (Å²) in [6, 6.07) is 26.7. The Morgan fingerprint density at radius 3 is 1.29 bits per heavy atom. The minimum Gasteiger partial charge on any atom is -0.497 e. The summed E-state index contributed by atoms with van der Waals surface area (Å²) in [5.41, 5.74) is 5.60. The summed E-state index contributed by atoms with van der Waals surface area (Å²) in [7, 11) is 3.46. The largest absolute Gasteiger partial charge is 0.497 e. The maximum atomic E-state index is 5.41. The monoisotopic (exact) mass is 458 g/mol. The van der Waals surface area contributed by atoms with Crippen LogP contribution < -0.4 is 9.47 Å². The summed E-state index contributed by atoms with van der Waals surface area (Å²) in [6.45, 7) is 4.55. The normalized spacial score (nSPS) is 12.8. The van der Waals surface area contributed by atoms with E-state index in [-0.39, 0.29) is 0 Å². The Hall–Kier alpha value is -2.74. The van der Waals surface area contributed by atoms with Crippen LogP contribution in [0.15, 0.2) is 72.8 Å². The first-order valence-electron chi connectivity index (χ1n) is 13.1. The van der Waals surface area contributed by atoms with Gasteiger partial charge in [-0.2, -0.15) is 0 Å². The van der Waals surface area contributed by atoms with Gasteiger partial charge in [-0.25, -0.2) is 0 Å². The second-order valence-corrected chi connectivity index (χ2v) is 9.31. The van der Waals surface area contributed by atoms with Gasteiger partial charge in [0.2, 0.25) is 0 Å². The molecule has 0 aliphatic carbocycles. The van der Waals surface area contributed by atoms with Crippen molar-refractivity contribution in [1.29, 1.82) is 0 Å². The maximum Gasteiger partial charge on any atom is 0.118 e. The minimum absolute atomic E-state index is 0.407. The van der Waals surface area contributed by atoms with Crippen LogP contribution in [0.2, 0.25) is 0 Å². The molecule has 0 N–H and O–H groups in total. The zero-order valence-electron chi connectivity index (χ0n) is 21.6. The Bertz CT molecular complexity index is 882. The van der Waals surface area contributed by atoms with E-state index in [1.165, 1.54) is 73.6 Å². The Morgan fingerprint density at radius 1 is 0.529 bits per heavy atom. The van der Waals surface area contributed by atoms with E-state index < -0.39 is 0 Å². The molecule has 0 heterocycles. The van der Waals surface area contributed by atoms with E-state index >= 15 is 0 Å². The number of rotatable bonds is 14. The topological polar surface area (TPSA) is 18.5 Å². The SMILES string of the molecule is CCCCCC(c1ccc(OC)cc1)c1cccc(C(CCCCC)c2ccc(OC)cc2)c1. The van der Waals surface area contributed by atoms with Gasteiger partial charge in [0, 0.05) is 11.8 Å². The molecule has 3 aromatic carbocycles. The molecular weight excluding hydrogens is 416 g/mol. The van der Waals surface area contributed by atoms with Gasteiger partial charge in [-0.3, -0.25) is 0 Å². The van der Waals surface area contributed by atoms with E-state index in [0.717, 1.165) is 11.5 Å². The molecule has 3 rings (SSSR count). The Balaban J connectivity index is 1.94. The van der Waals surface area contributed by atoms with Gasteiger partial charge in [0.05, 0.1) is 14.2 Å². The third-order valence-electron chi connectivity index (χ3n) is 6.94. The second kappa shape index (κ2) is 13.8. The Labute approximate surface area is 207 Å².